The topological polar surface area (TPSA) is 81.4 Å². The minimum absolute atomic E-state index is 0.00873. The maximum Gasteiger partial charge on any atom is 0.238 e. The lowest BCUT2D eigenvalue weighted by Gasteiger charge is -2.12. The van der Waals surface area contributed by atoms with Crippen molar-refractivity contribution in [2.75, 3.05) is 12.4 Å². The van der Waals surface area contributed by atoms with Crippen molar-refractivity contribution in [3.05, 3.63) is 53.1 Å². The largest absolute Gasteiger partial charge is 0.496 e. The Labute approximate surface area is 128 Å². The number of anilines is 1. The Morgan fingerprint density at radius 2 is 1.95 bits per heavy atom. The van der Waals surface area contributed by atoms with E-state index in [1.165, 1.54) is 18.2 Å². The molecule has 21 heavy (non-hydrogen) atoms. The van der Waals surface area contributed by atoms with Gasteiger partial charge < -0.3 is 10.1 Å². The van der Waals surface area contributed by atoms with E-state index in [4.69, 9.17) is 21.5 Å². The number of nitrogens with two attached hydrogens (primary N) is 1. The maximum atomic E-state index is 11.4. The molecule has 0 atom stereocenters. The van der Waals surface area contributed by atoms with Gasteiger partial charge in [-0.3, -0.25) is 0 Å². The molecular formula is C14H15ClN2O3S. The summed E-state index contributed by atoms with van der Waals surface area (Å²) in [5.74, 6) is 0.740. The van der Waals surface area contributed by atoms with Gasteiger partial charge in [-0.05, 0) is 24.3 Å². The lowest BCUT2D eigenvalue weighted by atomic mass is 10.2. The molecule has 0 aliphatic heterocycles. The van der Waals surface area contributed by atoms with Crippen molar-refractivity contribution in [2.45, 2.75) is 11.4 Å². The number of methoxy groups -OCH3 is 1. The molecule has 2 rings (SSSR count). The molecule has 0 saturated heterocycles. The van der Waals surface area contributed by atoms with Crippen LogP contribution in [-0.4, -0.2) is 15.5 Å². The summed E-state index contributed by atoms with van der Waals surface area (Å²) < 4.78 is 28.0. The summed E-state index contributed by atoms with van der Waals surface area (Å²) in [4.78, 5) is 0.00873. The molecule has 0 amide bonds. The summed E-state index contributed by atoms with van der Waals surface area (Å²) in [5.41, 5.74) is 1.42. The molecule has 2 aromatic rings. The standard InChI is InChI=1S/C14H15ClN2O3S/c1-20-14-5-3-2-4-10(14)9-17-13-8-11(21(16,18)19)6-7-12(13)15/h2-8,17H,9H2,1H3,(H2,16,18,19). The highest BCUT2D eigenvalue weighted by Gasteiger charge is 2.11. The van der Waals surface area contributed by atoms with Crippen molar-refractivity contribution in [1.82, 2.24) is 0 Å². The molecule has 112 valence electrons. The van der Waals surface area contributed by atoms with Crippen LogP contribution in [-0.2, 0) is 16.6 Å². The molecule has 0 unspecified atom stereocenters. The van der Waals surface area contributed by atoms with E-state index in [1.54, 1.807) is 7.11 Å². The van der Waals surface area contributed by atoms with Gasteiger partial charge in [0.2, 0.25) is 10.0 Å². The number of rotatable bonds is 5. The molecule has 5 nitrogen and oxygen atoms in total. The van der Waals surface area contributed by atoms with E-state index in [2.05, 4.69) is 5.32 Å². The van der Waals surface area contributed by atoms with Gasteiger partial charge in [0.1, 0.15) is 5.75 Å². The quantitative estimate of drug-likeness (QED) is 0.885. The number of hydrogen-bond acceptors (Lipinski definition) is 4. The van der Waals surface area contributed by atoms with Crippen LogP contribution in [0.5, 0.6) is 5.75 Å². The number of benzene rings is 2. The van der Waals surface area contributed by atoms with E-state index in [0.717, 1.165) is 11.3 Å². The third-order valence-electron chi connectivity index (χ3n) is 2.93. The Morgan fingerprint density at radius 1 is 1.24 bits per heavy atom. The zero-order chi connectivity index (χ0) is 15.5. The van der Waals surface area contributed by atoms with Crippen LogP contribution < -0.4 is 15.2 Å². The van der Waals surface area contributed by atoms with Crippen LogP contribution in [0.1, 0.15) is 5.56 Å². The van der Waals surface area contributed by atoms with Crippen LogP contribution in [0.3, 0.4) is 0 Å². The summed E-state index contributed by atoms with van der Waals surface area (Å²) in [6.45, 7) is 0.442. The molecular weight excluding hydrogens is 312 g/mol. The molecule has 0 aromatic heterocycles. The van der Waals surface area contributed by atoms with Crippen LogP contribution >= 0.6 is 11.6 Å². The van der Waals surface area contributed by atoms with Crippen molar-refractivity contribution >= 4 is 27.3 Å². The second kappa shape index (κ2) is 6.34. The molecule has 0 fully saturated rings. The highest BCUT2D eigenvalue weighted by molar-refractivity contribution is 7.89. The molecule has 0 heterocycles. The molecule has 3 N–H and O–H groups in total. The van der Waals surface area contributed by atoms with Crippen molar-refractivity contribution in [2.24, 2.45) is 5.14 Å². The first kappa shape index (κ1) is 15.6. The van der Waals surface area contributed by atoms with Crippen molar-refractivity contribution in [3.8, 4) is 5.75 Å². The van der Waals surface area contributed by atoms with Crippen molar-refractivity contribution < 1.29 is 13.2 Å². The Balaban J connectivity index is 2.24. The molecule has 0 radical (unpaired) electrons. The minimum Gasteiger partial charge on any atom is -0.496 e. The van der Waals surface area contributed by atoms with Gasteiger partial charge in [-0.25, -0.2) is 13.6 Å². The molecule has 2 aromatic carbocycles. The fraction of sp³-hybridized carbons (Fsp3) is 0.143. The van der Waals surface area contributed by atoms with Crippen molar-refractivity contribution in [3.63, 3.8) is 0 Å². The summed E-state index contributed by atoms with van der Waals surface area (Å²) in [5, 5.41) is 8.61. The third-order valence-corrected chi connectivity index (χ3v) is 4.17. The fourth-order valence-electron chi connectivity index (χ4n) is 1.86. The van der Waals surface area contributed by atoms with Gasteiger partial charge in [0, 0.05) is 12.1 Å². The minimum atomic E-state index is -3.76. The van der Waals surface area contributed by atoms with E-state index in [9.17, 15) is 8.42 Å². The highest BCUT2D eigenvalue weighted by atomic mass is 35.5. The van der Waals surface area contributed by atoms with Gasteiger partial charge in [0.25, 0.3) is 0 Å². The van der Waals surface area contributed by atoms with Crippen LogP contribution in [0.15, 0.2) is 47.4 Å². The number of halogens is 1. The van der Waals surface area contributed by atoms with Gasteiger partial charge >= 0.3 is 0 Å². The highest BCUT2D eigenvalue weighted by Crippen LogP contribution is 2.26. The molecule has 0 aliphatic carbocycles. The fourth-order valence-corrected chi connectivity index (χ4v) is 2.58. The first-order valence-corrected chi connectivity index (χ1v) is 8.02. The smallest absolute Gasteiger partial charge is 0.238 e. The molecule has 0 aliphatic rings. The zero-order valence-corrected chi connectivity index (χ0v) is 12.9. The van der Waals surface area contributed by atoms with E-state index < -0.39 is 10.0 Å². The molecule has 0 bridgehead atoms. The van der Waals surface area contributed by atoms with Crippen LogP contribution in [0.2, 0.25) is 5.02 Å². The number of nitrogens with one attached hydrogen (secondary N) is 1. The Bertz CT molecular complexity index is 748. The van der Waals surface area contributed by atoms with E-state index >= 15 is 0 Å². The molecule has 7 heteroatoms. The van der Waals surface area contributed by atoms with E-state index in [0.29, 0.717) is 17.3 Å². The number of hydrogen-bond donors (Lipinski definition) is 2. The lowest BCUT2D eigenvalue weighted by molar-refractivity contribution is 0.410. The van der Waals surface area contributed by atoms with Gasteiger partial charge in [0.05, 0.1) is 22.7 Å². The summed E-state index contributed by atoms with van der Waals surface area (Å²) in [7, 11) is -2.17. The Kier molecular flexibility index (Phi) is 4.72. The lowest BCUT2D eigenvalue weighted by Crippen LogP contribution is -2.12. The summed E-state index contributed by atoms with van der Waals surface area (Å²) in [6.07, 6.45) is 0. The number of para-hydroxylation sites is 1. The van der Waals surface area contributed by atoms with Gasteiger partial charge in [-0.1, -0.05) is 29.8 Å². The van der Waals surface area contributed by atoms with Gasteiger partial charge in [0.15, 0.2) is 0 Å². The predicted molar refractivity (Wildman–Crippen MR) is 83.1 cm³/mol. The van der Waals surface area contributed by atoms with Crippen molar-refractivity contribution in [1.29, 1.82) is 0 Å². The number of ether oxygens (including phenoxy) is 1. The third kappa shape index (κ3) is 3.87. The Hall–Kier alpha value is -1.76. The first-order chi connectivity index (χ1) is 9.91. The van der Waals surface area contributed by atoms with Crippen LogP contribution in [0, 0.1) is 0 Å². The number of primary sulfonamides is 1. The zero-order valence-electron chi connectivity index (χ0n) is 11.3. The predicted octanol–water partition coefficient (Wildman–Crippen LogP) is 2.61. The normalized spacial score (nSPS) is 11.2. The van der Waals surface area contributed by atoms with Gasteiger partial charge in [-0.15, -0.1) is 0 Å². The molecule has 0 spiro atoms. The number of sulfonamides is 1. The van der Waals surface area contributed by atoms with E-state index in [-0.39, 0.29) is 4.90 Å². The Morgan fingerprint density at radius 3 is 2.62 bits per heavy atom. The summed E-state index contributed by atoms with van der Waals surface area (Å²) in [6, 6.07) is 11.8. The second-order valence-corrected chi connectivity index (χ2v) is 6.32. The second-order valence-electron chi connectivity index (χ2n) is 4.35. The first-order valence-electron chi connectivity index (χ1n) is 6.10. The summed E-state index contributed by atoms with van der Waals surface area (Å²) >= 11 is 6.06. The maximum absolute atomic E-state index is 11.4. The SMILES string of the molecule is COc1ccccc1CNc1cc(S(N)(=O)=O)ccc1Cl. The van der Waals surface area contributed by atoms with Crippen LogP contribution in [0.25, 0.3) is 0 Å². The molecule has 0 saturated carbocycles. The van der Waals surface area contributed by atoms with E-state index in [1.807, 2.05) is 24.3 Å². The monoisotopic (exact) mass is 326 g/mol. The average Bonchev–Trinajstić information content (AvgIpc) is 2.45. The van der Waals surface area contributed by atoms with Gasteiger partial charge in [-0.2, -0.15) is 0 Å². The van der Waals surface area contributed by atoms with Crippen LogP contribution in [0.4, 0.5) is 5.69 Å². The average molecular weight is 327 g/mol.